The third-order valence-corrected chi connectivity index (χ3v) is 0. The third kappa shape index (κ3) is 838. The van der Waals surface area contributed by atoms with Crippen LogP contribution < -0.4 is 59.1 Å². The zero-order chi connectivity index (χ0) is 8.50. The van der Waals surface area contributed by atoms with Crippen LogP contribution in [-0.4, -0.2) is 28.2 Å². The van der Waals surface area contributed by atoms with Crippen molar-refractivity contribution in [3.8, 4) is 13.1 Å². The first kappa shape index (κ1) is 29.6. The first-order chi connectivity index (χ1) is 4.00. The fourth-order valence-electron chi connectivity index (χ4n) is 0. The molecular weight excluding hydrogens is 190 g/mol. The van der Waals surface area contributed by atoms with Gasteiger partial charge in [-0.2, -0.15) is 0 Å². The van der Waals surface area contributed by atoms with Crippen LogP contribution >= 0.6 is 0 Å². The summed E-state index contributed by atoms with van der Waals surface area (Å²) in [6.45, 7) is 7.00. The molecule has 0 saturated carbocycles. The molecule has 11 heavy (non-hydrogen) atoms. The van der Waals surface area contributed by atoms with Crippen molar-refractivity contribution in [1.82, 2.24) is 0 Å². The Morgan fingerprint density at radius 1 is 0.818 bits per heavy atom. The summed E-state index contributed by atoms with van der Waals surface area (Å²) >= 11 is 0. The Hall–Kier alpha value is 1.04. The van der Waals surface area contributed by atoms with E-state index in [1.807, 2.05) is 0 Å². The molecule has 0 atom stereocenters. The molecule has 0 aliphatic rings. The van der Waals surface area contributed by atoms with Crippen LogP contribution in [0.1, 0.15) is 2.85 Å². The van der Waals surface area contributed by atoms with E-state index in [0.29, 0.717) is 0 Å². The van der Waals surface area contributed by atoms with Gasteiger partial charge in [0.05, 0.1) is 0 Å². The van der Waals surface area contributed by atoms with E-state index in [4.69, 9.17) is 29.7 Å². The third-order valence-electron chi connectivity index (χ3n) is 0. The Labute approximate surface area is 113 Å². The minimum Gasteiger partial charge on any atom is -1.00 e. The van der Waals surface area contributed by atoms with Crippen molar-refractivity contribution in [1.29, 1.82) is 10.5 Å². The Bertz CT molecular complexity index is 87.1. The largest absolute Gasteiger partial charge is 1.00 e. The Kier molecular flexibility index (Phi) is 60.4. The average molecular weight is 198 g/mol. The van der Waals surface area contributed by atoms with Crippen molar-refractivity contribution >= 4 is 9.05 Å². The predicted octanol–water partition coefficient (Wildman–Crippen LogP) is -8.10. The van der Waals surface area contributed by atoms with Gasteiger partial charge >= 0.3 is 68.2 Å². The van der Waals surface area contributed by atoms with Crippen LogP contribution in [0.3, 0.4) is 0 Å². The molecule has 0 aromatic heterocycles. The van der Waals surface area contributed by atoms with Crippen LogP contribution in [0.2, 0.25) is 0 Å². The minimum atomic E-state index is -4.61. The first-order valence-corrected chi connectivity index (χ1v) is 3.20. The van der Waals surface area contributed by atoms with Crippen molar-refractivity contribution in [2.24, 2.45) is 0 Å². The molecule has 0 fully saturated rings. The number of hydrogen-bond acceptors (Lipinski definition) is 6. The second-order valence-electron chi connectivity index (χ2n) is 0.600. The summed E-state index contributed by atoms with van der Waals surface area (Å²) in [5, 5.41) is 13.0. The molecule has 0 unspecified atom stereocenters. The quantitative estimate of drug-likeness (QED) is 0.286. The Balaban J connectivity index is -0.00000000818. The van der Waals surface area contributed by atoms with Gasteiger partial charge in [0, 0.05) is 13.1 Å². The molecule has 0 aromatic carbocycles. The molecule has 0 spiro atoms. The molecule has 0 amide bonds. The molecule has 0 aliphatic heterocycles. The molecule has 0 heterocycles. The second kappa shape index (κ2) is 22.5. The molecule has 4 N–H and O–H groups in total. The van der Waals surface area contributed by atoms with Crippen molar-refractivity contribution in [2.45, 2.75) is 0 Å². The summed E-state index contributed by atoms with van der Waals surface area (Å²) in [4.78, 5) is 29.3. The molecule has 0 aromatic rings. The molecule has 0 aliphatic carbocycles. The van der Waals surface area contributed by atoms with Gasteiger partial charge in [-0.1, -0.05) is 0 Å². The Morgan fingerprint density at radius 3 is 0.818 bits per heavy atom. The molecule has 0 radical (unpaired) electrons. The zero-order valence-corrected chi connectivity index (χ0v) is 11.3. The second-order valence-corrected chi connectivity index (χ2v) is 1.80. The maximum absolute atomic E-state index is 7.33. The van der Waals surface area contributed by atoms with E-state index < -0.39 is 9.05 Å². The number of nitrogens with zero attached hydrogens (tertiary/aromatic N) is 2. The summed E-state index contributed by atoms with van der Waals surface area (Å²) in [5.41, 5.74) is 0. The van der Waals surface area contributed by atoms with Crippen molar-refractivity contribution in [3.63, 3.8) is 0 Å². The molecular formula is C2H8N2Na2O4Si. The summed E-state index contributed by atoms with van der Waals surface area (Å²) in [5.74, 6) is 0. The normalized spacial score (nSPS) is 5.82. The smallest absolute Gasteiger partial charge is 1.00 e. The first-order valence-electron chi connectivity index (χ1n) is 1.41. The summed E-state index contributed by atoms with van der Waals surface area (Å²) in [6.07, 6.45) is 0. The van der Waals surface area contributed by atoms with Gasteiger partial charge in [-0.15, -0.1) is 0 Å². The number of hydrogen-bond donors (Lipinski definition) is 4. The molecule has 56 valence electrons. The van der Waals surface area contributed by atoms with E-state index in [1.165, 1.54) is 0 Å². The van der Waals surface area contributed by atoms with Crippen LogP contribution in [0.15, 0.2) is 0 Å². The van der Waals surface area contributed by atoms with Gasteiger partial charge < -0.3 is 22.0 Å². The fraction of sp³-hybridized carbons (Fsp3) is 0. The number of rotatable bonds is 0. The van der Waals surface area contributed by atoms with Gasteiger partial charge in [-0.3, -0.25) is 0 Å². The summed E-state index contributed by atoms with van der Waals surface area (Å²) < 4.78 is 0. The maximum atomic E-state index is 7.33. The van der Waals surface area contributed by atoms with E-state index in [1.54, 1.807) is 0 Å². The maximum Gasteiger partial charge on any atom is 1.00 e. The van der Waals surface area contributed by atoms with Gasteiger partial charge in [-0.25, -0.2) is 10.5 Å². The zero-order valence-electron chi connectivity index (χ0n) is 8.34. The van der Waals surface area contributed by atoms with E-state index in [9.17, 15) is 0 Å². The van der Waals surface area contributed by atoms with Crippen LogP contribution in [0, 0.1) is 23.7 Å². The van der Waals surface area contributed by atoms with Gasteiger partial charge in [0.25, 0.3) is 0 Å². The number of nitriles is 2. The molecule has 0 saturated heterocycles. The van der Waals surface area contributed by atoms with Gasteiger partial charge in [-0.05, 0) is 0 Å². The predicted molar refractivity (Wildman–Crippen MR) is 30.2 cm³/mol. The van der Waals surface area contributed by atoms with Gasteiger partial charge in [0.2, 0.25) is 0 Å². The summed E-state index contributed by atoms with van der Waals surface area (Å²) in [6, 6.07) is 0. The van der Waals surface area contributed by atoms with E-state index in [2.05, 4.69) is 13.1 Å². The van der Waals surface area contributed by atoms with Crippen LogP contribution in [-0.2, 0) is 0 Å². The molecule has 9 heteroatoms. The molecule has 0 bridgehead atoms. The SMILES string of the molecule is C#N.C#N.O[Si](O)(O)O.[H-].[H-].[Na+].[Na+]. The van der Waals surface area contributed by atoms with Crippen molar-refractivity contribution in [2.75, 3.05) is 0 Å². The molecule has 0 rings (SSSR count). The summed E-state index contributed by atoms with van der Waals surface area (Å²) in [7, 11) is -4.61. The fourth-order valence-corrected chi connectivity index (χ4v) is 0. The van der Waals surface area contributed by atoms with Gasteiger partial charge in [0.15, 0.2) is 0 Å². The van der Waals surface area contributed by atoms with E-state index in [-0.39, 0.29) is 62.0 Å². The van der Waals surface area contributed by atoms with E-state index >= 15 is 0 Å². The minimum absolute atomic E-state index is 0. The average Bonchev–Trinajstić information content (AvgIpc) is 1.72. The topological polar surface area (TPSA) is 128 Å². The van der Waals surface area contributed by atoms with Crippen molar-refractivity contribution in [3.05, 3.63) is 0 Å². The monoisotopic (exact) mass is 198 g/mol. The van der Waals surface area contributed by atoms with E-state index in [0.717, 1.165) is 0 Å². The Morgan fingerprint density at radius 2 is 0.818 bits per heavy atom. The molecule has 6 nitrogen and oxygen atoms in total. The van der Waals surface area contributed by atoms with Crippen molar-refractivity contribution < 1.29 is 81.2 Å². The standard InChI is InChI=1S/2CHN.2Na.H4O4Si.2H/c2*1-2;;;1-5(2,3)4;;/h2*1H;;;1-4H;;/q;;2*+1;;2*-1. The van der Waals surface area contributed by atoms with Crippen LogP contribution in [0.25, 0.3) is 0 Å². The van der Waals surface area contributed by atoms with Crippen LogP contribution in [0.5, 0.6) is 0 Å². The van der Waals surface area contributed by atoms with Crippen LogP contribution in [0.4, 0.5) is 0 Å². The van der Waals surface area contributed by atoms with Gasteiger partial charge in [0.1, 0.15) is 0 Å².